The number of rotatable bonds is 3. The van der Waals surface area contributed by atoms with E-state index >= 15 is 0 Å². The third-order valence-corrected chi connectivity index (χ3v) is 6.86. The zero-order valence-corrected chi connectivity index (χ0v) is 17.0. The van der Waals surface area contributed by atoms with Crippen molar-refractivity contribution in [3.8, 4) is 0 Å². The second-order valence-electron chi connectivity index (χ2n) is 6.86. The van der Waals surface area contributed by atoms with Crippen LogP contribution in [0.25, 0.3) is 0 Å². The average Bonchev–Trinajstić information content (AvgIpc) is 3.05. The Morgan fingerprint density at radius 3 is 2.88 bits per heavy atom. The number of carbonyl (C=O) groups excluding carboxylic acids is 1. The second-order valence-corrected chi connectivity index (χ2v) is 8.99. The second kappa shape index (κ2) is 7.35. The summed E-state index contributed by atoms with van der Waals surface area (Å²) in [7, 11) is 0. The normalized spacial score (nSPS) is 19.8. The van der Waals surface area contributed by atoms with Gasteiger partial charge in [0, 0.05) is 24.0 Å². The predicted molar refractivity (Wildman–Crippen MR) is 108 cm³/mol. The van der Waals surface area contributed by atoms with Gasteiger partial charge < -0.3 is 9.45 Å². The Balaban J connectivity index is 1.66. The molecule has 26 heavy (non-hydrogen) atoms. The smallest absolute Gasteiger partial charge is 0.224 e. The fourth-order valence-corrected chi connectivity index (χ4v) is 5.93. The molecule has 1 amide bonds. The van der Waals surface area contributed by atoms with E-state index in [2.05, 4.69) is 38.9 Å². The maximum absolute atomic E-state index is 13.2. The molecule has 4 rings (SSSR count). The number of hydrogen-bond acceptors (Lipinski definition) is 3. The van der Waals surface area contributed by atoms with E-state index in [-0.39, 0.29) is 11.9 Å². The van der Waals surface area contributed by atoms with E-state index in [9.17, 15) is 9.35 Å². The Morgan fingerprint density at radius 1 is 1.27 bits per heavy atom. The standard InChI is InChI=1S/C20H21BrN2O2S/c1-13(24)23-10-9-15-11-16(21)12-19(20(15)23)26(25)22-18-8-4-6-14-5-2-3-7-17(14)18/h2-3,5,7,11-12,18,22H,4,6,8-10H2,1H3. The number of carbonyl (C=O) groups is 1. The molecule has 0 radical (unpaired) electrons. The minimum atomic E-state index is -1.39. The van der Waals surface area contributed by atoms with E-state index in [0.29, 0.717) is 11.4 Å². The number of fused-ring (bicyclic) bond motifs is 2. The molecule has 0 saturated carbocycles. The molecule has 0 saturated heterocycles. The van der Waals surface area contributed by atoms with Crippen molar-refractivity contribution in [2.24, 2.45) is 0 Å². The maximum atomic E-state index is 13.2. The summed E-state index contributed by atoms with van der Waals surface area (Å²) < 4.78 is 17.5. The van der Waals surface area contributed by atoms with Gasteiger partial charge in [0.05, 0.1) is 17.4 Å². The number of nitrogens with one attached hydrogen (secondary N) is 1. The lowest BCUT2D eigenvalue weighted by atomic mass is 9.88. The number of nitrogens with zero attached hydrogens (tertiary/aromatic N) is 1. The van der Waals surface area contributed by atoms with Crippen molar-refractivity contribution < 1.29 is 9.35 Å². The minimum absolute atomic E-state index is 0.00710. The van der Waals surface area contributed by atoms with Crippen molar-refractivity contribution in [1.29, 1.82) is 0 Å². The first-order valence-electron chi connectivity index (χ1n) is 8.91. The highest BCUT2D eigenvalue weighted by Crippen LogP contribution is 2.39. The van der Waals surface area contributed by atoms with Crippen molar-refractivity contribution in [2.75, 3.05) is 11.4 Å². The monoisotopic (exact) mass is 432 g/mol. The Morgan fingerprint density at radius 2 is 2.08 bits per heavy atom. The van der Waals surface area contributed by atoms with E-state index in [1.165, 1.54) is 11.1 Å². The third kappa shape index (κ3) is 3.31. The topological polar surface area (TPSA) is 55.4 Å². The van der Waals surface area contributed by atoms with Gasteiger partial charge in [0.15, 0.2) is 4.90 Å². The van der Waals surface area contributed by atoms with E-state index in [1.807, 2.05) is 18.2 Å². The molecule has 1 heterocycles. The Kier molecular flexibility index (Phi) is 5.10. The van der Waals surface area contributed by atoms with Gasteiger partial charge in [-0.3, -0.25) is 4.79 Å². The first-order chi connectivity index (χ1) is 12.5. The molecule has 6 heteroatoms. The quantitative estimate of drug-likeness (QED) is 0.744. The summed E-state index contributed by atoms with van der Waals surface area (Å²) in [6.45, 7) is 2.21. The molecule has 1 aliphatic carbocycles. The summed E-state index contributed by atoms with van der Waals surface area (Å²) in [4.78, 5) is 14.4. The molecule has 1 aliphatic heterocycles. The van der Waals surface area contributed by atoms with Gasteiger partial charge in [-0.15, -0.1) is 4.72 Å². The van der Waals surface area contributed by atoms with Crippen molar-refractivity contribution in [3.05, 3.63) is 57.6 Å². The van der Waals surface area contributed by atoms with Crippen molar-refractivity contribution in [2.45, 2.75) is 43.5 Å². The van der Waals surface area contributed by atoms with Gasteiger partial charge >= 0.3 is 0 Å². The highest BCUT2D eigenvalue weighted by molar-refractivity contribution is 9.10. The molecule has 2 atom stereocenters. The molecule has 4 nitrogen and oxygen atoms in total. The van der Waals surface area contributed by atoms with Crippen LogP contribution in [0.1, 0.15) is 42.5 Å². The zero-order valence-electron chi connectivity index (χ0n) is 14.6. The van der Waals surface area contributed by atoms with Crippen LogP contribution >= 0.6 is 15.9 Å². The Hall–Kier alpha value is -1.34. The molecule has 2 aromatic rings. The summed E-state index contributed by atoms with van der Waals surface area (Å²) in [5, 5.41) is 0. The molecular formula is C20H21BrN2O2S. The van der Waals surface area contributed by atoms with E-state index < -0.39 is 11.4 Å². The van der Waals surface area contributed by atoms with Crippen LogP contribution in [0.2, 0.25) is 0 Å². The van der Waals surface area contributed by atoms with Gasteiger partial charge in [-0.1, -0.05) is 40.2 Å². The number of aryl methyl sites for hydroxylation is 1. The highest BCUT2D eigenvalue weighted by atomic mass is 79.9. The molecule has 0 spiro atoms. The lowest BCUT2D eigenvalue weighted by molar-refractivity contribution is -0.116. The van der Waals surface area contributed by atoms with Crippen LogP contribution in [0.3, 0.4) is 0 Å². The zero-order chi connectivity index (χ0) is 18.3. The fourth-order valence-electron chi connectivity index (χ4n) is 3.99. The van der Waals surface area contributed by atoms with Gasteiger partial charge in [-0.05, 0) is 48.4 Å². The van der Waals surface area contributed by atoms with Crippen LogP contribution in [0.5, 0.6) is 0 Å². The van der Waals surface area contributed by atoms with Crippen LogP contribution in [0.4, 0.5) is 5.69 Å². The predicted octanol–water partition coefficient (Wildman–Crippen LogP) is 4.05. The van der Waals surface area contributed by atoms with Crippen LogP contribution in [-0.4, -0.2) is 17.0 Å². The first kappa shape index (κ1) is 18.0. The lowest BCUT2D eigenvalue weighted by Gasteiger charge is -2.27. The lowest BCUT2D eigenvalue weighted by Crippen LogP contribution is -2.33. The molecule has 0 aromatic heterocycles. The first-order valence-corrected chi connectivity index (χ1v) is 10.8. The number of anilines is 1. The summed E-state index contributed by atoms with van der Waals surface area (Å²) >= 11 is 2.14. The molecule has 1 N–H and O–H groups in total. The van der Waals surface area contributed by atoms with Crippen molar-refractivity contribution in [1.82, 2.24) is 4.72 Å². The number of benzene rings is 2. The molecule has 2 aliphatic rings. The van der Waals surface area contributed by atoms with Gasteiger partial charge in [-0.2, -0.15) is 0 Å². The van der Waals surface area contributed by atoms with E-state index in [1.54, 1.807) is 11.8 Å². The van der Waals surface area contributed by atoms with Crippen LogP contribution in [-0.2, 0) is 29.0 Å². The number of amides is 1. The van der Waals surface area contributed by atoms with Gasteiger partial charge in [0.25, 0.3) is 0 Å². The van der Waals surface area contributed by atoms with Gasteiger partial charge in [0.2, 0.25) is 5.91 Å². The SMILES string of the molecule is CC(=O)N1CCc2cc(Br)cc([S+]([O-])NC3CCCc4ccccc43)c21. The molecule has 2 unspecified atom stereocenters. The van der Waals surface area contributed by atoms with Gasteiger partial charge in [-0.25, -0.2) is 0 Å². The van der Waals surface area contributed by atoms with Crippen molar-refractivity contribution >= 4 is 38.9 Å². The summed E-state index contributed by atoms with van der Waals surface area (Å²) in [6, 6.07) is 12.3. The molecule has 0 fully saturated rings. The highest BCUT2D eigenvalue weighted by Gasteiger charge is 2.33. The van der Waals surface area contributed by atoms with Crippen LogP contribution < -0.4 is 9.62 Å². The van der Waals surface area contributed by atoms with E-state index in [4.69, 9.17) is 0 Å². The molecular weight excluding hydrogens is 412 g/mol. The number of hydrogen-bond donors (Lipinski definition) is 1. The molecule has 136 valence electrons. The van der Waals surface area contributed by atoms with Crippen LogP contribution in [0, 0.1) is 0 Å². The van der Waals surface area contributed by atoms with Crippen LogP contribution in [0.15, 0.2) is 45.8 Å². The van der Waals surface area contributed by atoms with Crippen molar-refractivity contribution in [3.63, 3.8) is 0 Å². The maximum Gasteiger partial charge on any atom is 0.224 e. The summed E-state index contributed by atoms with van der Waals surface area (Å²) in [6.07, 6.45) is 3.92. The Labute approximate surface area is 165 Å². The van der Waals surface area contributed by atoms with Gasteiger partial charge in [0.1, 0.15) is 5.69 Å². The average molecular weight is 433 g/mol. The fraction of sp³-hybridized carbons (Fsp3) is 0.350. The van der Waals surface area contributed by atoms with E-state index in [0.717, 1.165) is 41.4 Å². The molecule has 0 bridgehead atoms. The number of halogens is 1. The summed E-state index contributed by atoms with van der Waals surface area (Å²) in [5.41, 5.74) is 4.46. The minimum Gasteiger partial charge on any atom is -0.593 e. The summed E-state index contributed by atoms with van der Waals surface area (Å²) in [5.74, 6) is -0.00710. The largest absolute Gasteiger partial charge is 0.593 e. The molecule has 2 aromatic carbocycles. The third-order valence-electron chi connectivity index (χ3n) is 5.19. The Bertz CT molecular complexity index is 858.